The number of aryl methyl sites for hydroxylation is 1. The molecule has 128 valence electrons. The van der Waals surface area contributed by atoms with Crippen LogP contribution in [0.4, 0.5) is 5.95 Å². The molecule has 1 amide bonds. The molecule has 1 saturated heterocycles. The summed E-state index contributed by atoms with van der Waals surface area (Å²) in [5, 5.41) is 2.91. The lowest BCUT2D eigenvalue weighted by Crippen LogP contribution is -2.47. The molecule has 0 aliphatic carbocycles. The summed E-state index contributed by atoms with van der Waals surface area (Å²) in [6.07, 6.45) is 6.02. The Kier molecular flexibility index (Phi) is 5.43. The van der Waals surface area contributed by atoms with Crippen LogP contribution in [0.1, 0.15) is 22.5 Å². The summed E-state index contributed by atoms with van der Waals surface area (Å²) < 4.78 is 5.19. The van der Waals surface area contributed by atoms with Gasteiger partial charge in [0.25, 0.3) is 5.91 Å². The molecule has 2 aromatic heterocycles. The maximum atomic E-state index is 11.9. The van der Waals surface area contributed by atoms with Crippen LogP contribution in [0, 0.1) is 6.92 Å². The van der Waals surface area contributed by atoms with Gasteiger partial charge in [-0.2, -0.15) is 0 Å². The average molecular weight is 329 g/mol. The molecule has 7 heteroatoms. The van der Waals surface area contributed by atoms with Crippen LogP contribution in [0.3, 0.4) is 0 Å². The number of anilines is 1. The van der Waals surface area contributed by atoms with Gasteiger partial charge in [0.15, 0.2) is 5.76 Å². The van der Waals surface area contributed by atoms with Gasteiger partial charge in [-0.25, -0.2) is 9.97 Å². The van der Waals surface area contributed by atoms with Crippen molar-refractivity contribution in [3.8, 4) is 0 Å². The van der Waals surface area contributed by atoms with Gasteiger partial charge < -0.3 is 14.6 Å². The molecule has 0 saturated carbocycles. The van der Waals surface area contributed by atoms with Gasteiger partial charge in [-0.15, -0.1) is 0 Å². The van der Waals surface area contributed by atoms with Crippen LogP contribution in [-0.4, -0.2) is 60.0 Å². The van der Waals surface area contributed by atoms with Crippen molar-refractivity contribution in [2.24, 2.45) is 0 Å². The lowest BCUT2D eigenvalue weighted by molar-refractivity contribution is 0.0923. The summed E-state index contributed by atoms with van der Waals surface area (Å²) in [4.78, 5) is 25.1. The number of amides is 1. The molecule has 0 bridgehead atoms. The van der Waals surface area contributed by atoms with Crippen molar-refractivity contribution in [3.63, 3.8) is 0 Å². The minimum atomic E-state index is -0.136. The molecule has 24 heavy (non-hydrogen) atoms. The van der Waals surface area contributed by atoms with Crippen molar-refractivity contribution >= 4 is 11.9 Å². The minimum Gasteiger partial charge on any atom is -0.459 e. The van der Waals surface area contributed by atoms with Gasteiger partial charge in [0, 0.05) is 50.7 Å². The number of nitrogens with one attached hydrogen (secondary N) is 1. The third-order valence-corrected chi connectivity index (χ3v) is 4.21. The molecule has 0 atom stereocenters. The maximum Gasteiger partial charge on any atom is 0.287 e. The number of carbonyl (C=O) groups is 1. The fourth-order valence-electron chi connectivity index (χ4n) is 2.82. The fraction of sp³-hybridized carbons (Fsp3) is 0.471. The summed E-state index contributed by atoms with van der Waals surface area (Å²) in [5.74, 6) is 1.08. The van der Waals surface area contributed by atoms with Crippen molar-refractivity contribution in [1.29, 1.82) is 0 Å². The van der Waals surface area contributed by atoms with Crippen LogP contribution in [0.5, 0.6) is 0 Å². The second kappa shape index (κ2) is 7.92. The van der Waals surface area contributed by atoms with Gasteiger partial charge in [0.05, 0.1) is 6.26 Å². The highest BCUT2D eigenvalue weighted by atomic mass is 16.3. The number of carbonyl (C=O) groups excluding carboxylic acids is 1. The van der Waals surface area contributed by atoms with Gasteiger partial charge in [0.1, 0.15) is 0 Å². The van der Waals surface area contributed by atoms with E-state index in [1.807, 2.05) is 13.0 Å². The number of hydrogen-bond donors (Lipinski definition) is 1. The van der Waals surface area contributed by atoms with Crippen LogP contribution in [0.2, 0.25) is 0 Å². The summed E-state index contributed by atoms with van der Waals surface area (Å²) in [7, 11) is 0. The highest BCUT2D eigenvalue weighted by molar-refractivity contribution is 5.92. The molecule has 3 rings (SSSR count). The molecule has 1 aliphatic rings. The molecule has 1 N–H and O–H groups in total. The van der Waals surface area contributed by atoms with Crippen LogP contribution in [0.25, 0.3) is 0 Å². The molecule has 0 radical (unpaired) electrons. The van der Waals surface area contributed by atoms with Gasteiger partial charge in [-0.05, 0) is 32.0 Å². The van der Waals surface area contributed by atoms with Crippen LogP contribution in [-0.2, 0) is 0 Å². The second-order valence-electron chi connectivity index (χ2n) is 5.92. The zero-order chi connectivity index (χ0) is 16.8. The third-order valence-electron chi connectivity index (χ3n) is 4.21. The van der Waals surface area contributed by atoms with Crippen molar-refractivity contribution in [2.75, 3.05) is 44.2 Å². The van der Waals surface area contributed by atoms with Crippen LogP contribution in [0.15, 0.2) is 35.2 Å². The number of piperazine rings is 1. The Bertz CT molecular complexity index is 650. The summed E-state index contributed by atoms with van der Waals surface area (Å²) >= 11 is 0. The van der Waals surface area contributed by atoms with Crippen molar-refractivity contribution < 1.29 is 9.21 Å². The largest absolute Gasteiger partial charge is 0.459 e. The SMILES string of the molecule is Cc1ccoc1C(=O)NCCCN1CCN(c2ncccn2)CC1. The van der Waals surface area contributed by atoms with Crippen molar-refractivity contribution in [3.05, 3.63) is 42.1 Å². The van der Waals surface area contributed by atoms with E-state index in [-0.39, 0.29) is 5.91 Å². The van der Waals surface area contributed by atoms with Gasteiger partial charge in [0.2, 0.25) is 5.95 Å². The maximum absolute atomic E-state index is 11.9. The molecule has 0 unspecified atom stereocenters. The van der Waals surface area contributed by atoms with Crippen molar-refractivity contribution in [1.82, 2.24) is 20.2 Å². The van der Waals surface area contributed by atoms with Gasteiger partial charge >= 0.3 is 0 Å². The summed E-state index contributed by atoms with van der Waals surface area (Å²) in [6.45, 7) is 7.34. The van der Waals surface area contributed by atoms with E-state index in [1.54, 1.807) is 24.7 Å². The van der Waals surface area contributed by atoms with E-state index in [2.05, 4.69) is 25.1 Å². The average Bonchev–Trinajstić information content (AvgIpc) is 3.06. The van der Waals surface area contributed by atoms with E-state index >= 15 is 0 Å². The highest BCUT2D eigenvalue weighted by Gasteiger charge is 2.18. The van der Waals surface area contributed by atoms with E-state index in [4.69, 9.17) is 4.42 Å². The molecule has 0 spiro atoms. The molecule has 1 aliphatic heterocycles. The van der Waals surface area contributed by atoms with Crippen molar-refractivity contribution in [2.45, 2.75) is 13.3 Å². The monoisotopic (exact) mass is 329 g/mol. The number of nitrogens with zero attached hydrogens (tertiary/aromatic N) is 4. The predicted molar refractivity (Wildman–Crippen MR) is 91.1 cm³/mol. The molecule has 2 aromatic rings. The van der Waals surface area contributed by atoms with E-state index in [0.717, 1.165) is 50.7 Å². The normalized spacial score (nSPS) is 15.5. The Labute approximate surface area is 141 Å². The Morgan fingerprint density at radius 3 is 2.67 bits per heavy atom. The zero-order valence-corrected chi connectivity index (χ0v) is 13.9. The minimum absolute atomic E-state index is 0.136. The molecule has 0 aromatic carbocycles. The lowest BCUT2D eigenvalue weighted by Gasteiger charge is -2.34. The number of furan rings is 1. The van der Waals surface area contributed by atoms with E-state index in [0.29, 0.717) is 12.3 Å². The first-order chi connectivity index (χ1) is 11.7. The van der Waals surface area contributed by atoms with E-state index in [9.17, 15) is 4.79 Å². The number of aromatic nitrogens is 2. The summed E-state index contributed by atoms with van der Waals surface area (Å²) in [6, 6.07) is 3.63. The van der Waals surface area contributed by atoms with Gasteiger partial charge in [-0.3, -0.25) is 9.69 Å². The molecule has 7 nitrogen and oxygen atoms in total. The van der Waals surface area contributed by atoms with Crippen LogP contribution < -0.4 is 10.2 Å². The van der Waals surface area contributed by atoms with E-state index < -0.39 is 0 Å². The van der Waals surface area contributed by atoms with Gasteiger partial charge in [-0.1, -0.05) is 0 Å². The molecule has 3 heterocycles. The number of rotatable bonds is 6. The summed E-state index contributed by atoms with van der Waals surface area (Å²) in [5.41, 5.74) is 0.867. The predicted octanol–water partition coefficient (Wildman–Crippen LogP) is 1.32. The number of hydrogen-bond acceptors (Lipinski definition) is 6. The standard InChI is InChI=1S/C17H23N5O2/c1-14-4-13-24-15(14)16(23)18-7-3-8-21-9-11-22(12-10-21)17-19-5-2-6-20-17/h2,4-6,13H,3,7-12H2,1H3,(H,18,23). The quantitative estimate of drug-likeness (QED) is 0.806. The molecular weight excluding hydrogens is 306 g/mol. The topological polar surface area (TPSA) is 74.5 Å². The third kappa shape index (κ3) is 4.11. The smallest absolute Gasteiger partial charge is 0.287 e. The Morgan fingerprint density at radius 2 is 2.00 bits per heavy atom. The highest BCUT2D eigenvalue weighted by Crippen LogP contribution is 2.10. The first-order valence-electron chi connectivity index (χ1n) is 8.30. The van der Waals surface area contributed by atoms with E-state index in [1.165, 1.54) is 0 Å². The Morgan fingerprint density at radius 1 is 1.25 bits per heavy atom. The molecule has 1 fully saturated rings. The lowest BCUT2D eigenvalue weighted by atomic mass is 10.2. The Hall–Kier alpha value is -2.41. The molecular formula is C17H23N5O2. The Balaban J connectivity index is 1.34. The van der Waals surface area contributed by atoms with Crippen LogP contribution >= 0.6 is 0 Å². The first kappa shape index (κ1) is 16.4. The fourth-order valence-corrected chi connectivity index (χ4v) is 2.82. The zero-order valence-electron chi connectivity index (χ0n) is 13.9. The first-order valence-corrected chi connectivity index (χ1v) is 8.30. The second-order valence-corrected chi connectivity index (χ2v) is 5.92.